The van der Waals surface area contributed by atoms with E-state index in [9.17, 15) is 0 Å². The van der Waals surface area contributed by atoms with Gasteiger partial charge in [-0.05, 0) is 15.9 Å². The highest BCUT2D eigenvalue weighted by Crippen LogP contribution is 2.15. The first kappa shape index (κ1) is 9.25. The second-order valence-corrected chi connectivity index (χ2v) is 2.76. The Hall–Kier alpha value is -1.84. The lowest BCUT2D eigenvalue weighted by molar-refractivity contribution is 0.793. The van der Waals surface area contributed by atoms with E-state index >= 15 is 0 Å². The molecule has 0 N–H and O–H groups in total. The van der Waals surface area contributed by atoms with E-state index in [1.165, 1.54) is 4.57 Å². The maximum atomic E-state index is 8.68. The number of rotatable bonds is 1. The SMILES string of the molecule is N#CCn1c(Br)nc(C#N)c1C#N. The third-order valence-electron chi connectivity index (χ3n) is 1.36. The molecule has 0 unspecified atom stereocenters. The van der Waals surface area contributed by atoms with E-state index in [0.29, 0.717) is 4.73 Å². The third-order valence-corrected chi connectivity index (χ3v) is 1.97. The van der Waals surface area contributed by atoms with Crippen LogP contribution in [0.1, 0.15) is 11.4 Å². The van der Waals surface area contributed by atoms with Gasteiger partial charge in [0.1, 0.15) is 18.7 Å². The molecule has 6 heteroatoms. The van der Waals surface area contributed by atoms with Crippen molar-refractivity contribution >= 4 is 15.9 Å². The fourth-order valence-corrected chi connectivity index (χ4v) is 1.31. The summed E-state index contributed by atoms with van der Waals surface area (Å²) in [7, 11) is 0. The van der Waals surface area contributed by atoms with Crippen LogP contribution in [0.3, 0.4) is 0 Å². The summed E-state index contributed by atoms with van der Waals surface area (Å²) in [6.45, 7) is -0.00183. The van der Waals surface area contributed by atoms with Gasteiger partial charge in [0.05, 0.1) is 6.07 Å². The Morgan fingerprint density at radius 2 is 2.00 bits per heavy atom. The van der Waals surface area contributed by atoms with Crippen molar-refractivity contribution in [3.05, 3.63) is 16.1 Å². The van der Waals surface area contributed by atoms with Gasteiger partial charge in [-0.2, -0.15) is 15.8 Å². The van der Waals surface area contributed by atoms with Crippen LogP contribution >= 0.6 is 15.9 Å². The van der Waals surface area contributed by atoms with Gasteiger partial charge in [0, 0.05) is 0 Å². The molecule has 0 bridgehead atoms. The molecule has 0 atom stereocenters. The molecule has 0 spiro atoms. The monoisotopic (exact) mass is 235 g/mol. The van der Waals surface area contributed by atoms with Gasteiger partial charge in [0.2, 0.25) is 0 Å². The summed E-state index contributed by atoms with van der Waals surface area (Å²) >= 11 is 3.05. The van der Waals surface area contributed by atoms with Gasteiger partial charge >= 0.3 is 0 Å². The Morgan fingerprint density at radius 1 is 1.31 bits per heavy atom. The zero-order chi connectivity index (χ0) is 9.84. The molecule has 1 rings (SSSR count). The highest BCUT2D eigenvalue weighted by atomic mass is 79.9. The van der Waals surface area contributed by atoms with Crippen LogP contribution in [0.25, 0.3) is 0 Å². The van der Waals surface area contributed by atoms with Crippen LogP contribution in [0.4, 0.5) is 0 Å². The van der Waals surface area contributed by atoms with Crippen LogP contribution in [0.15, 0.2) is 4.73 Å². The number of halogens is 1. The van der Waals surface area contributed by atoms with Gasteiger partial charge in [-0.25, -0.2) is 4.98 Å². The van der Waals surface area contributed by atoms with E-state index in [0.717, 1.165) is 0 Å². The highest BCUT2D eigenvalue weighted by Gasteiger charge is 2.14. The van der Waals surface area contributed by atoms with Gasteiger partial charge in [-0.15, -0.1) is 0 Å². The summed E-state index contributed by atoms with van der Waals surface area (Å²) in [5.41, 5.74) is 0.139. The van der Waals surface area contributed by atoms with E-state index < -0.39 is 0 Å². The molecular formula is C7H2BrN5. The summed E-state index contributed by atoms with van der Waals surface area (Å²) < 4.78 is 1.65. The van der Waals surface area contributed by atoms with Crippen LogP contribution in [0.2, 0.25) is 0 Å². The fraction of sp³-hybridized carbons (Fsp3) is 0.143. The minimum atomic E-state index is -0.00183. The zero-order valence-corrected chi connectivity index (χ0v) is 7.91. The molecule has 0 saturated heterocycles. The highest BCUT2D eigenvalue weighted by molar-refractivity contribution is 9.10. The van der Waals surface area contributed by atoms with Crippen LogP contribution in [0.5, 0.6) is 0 Å². The smallest absolute Gasteiger partial charge is 0.180 e. The van der Waals surface area contributed by atoms with E-state index in [1.54, 1.807) is 6.07 Å². The summed E-state index contributed by atoms with van der Waals surface area (Å²) in [6, 6.07) is 5.46. The van der Waals surface area contributed by atoms with Crippen molar-refractivity contribution in [1.82, 2.24) is 9.55 Å². The first-order valence-corrected chi connectivity index (χ1v) is 3.97. The molecule has 5 nitrogen and oxygen atoms in total. The summed E-state index contributed by atoms with van der Waals surface area (Å²) in [5.74, 6) is 0. The number of hydrogen-bond acceptors (Lipinski definition) is 4. The first-order chi connectivity index (χ1) is 6.24. The molecule has 0 saturated carbocycles. The topological polar surface area (TPSA) is 89.2 Å². The molecule has 1 heterocycles. The minimum Gasteiger partial charge on any atom is -0.295 e. The van der Waals surface area contributed by atoms with Crippen LogP contribution in [-0.4, -0.2) is 9.55 Å². The Morgan fingerprint density at radius 3 is 2.46 bits per heavy atom. The predicted octanol–water partition coefficient (Wildman–Crippen LogP) is 0.913. The zero-order valence-electron chi connectivity index (χ0n) is 6.32. The molecule has 1 aromatic rings. The quantitative estimate of drug-likeness (QED) is 0.724. The Balaban J connectivity index is 3.37. The van der Waals surface area contributed by atoms with E-state index in [-0.39, 0.29) is 17.9 Å². The van der Waals surface area contributed by atoms with Crippen LogP contribution < -0.4 is 0 Å². The van der Waals surface area contributed by atoms with Gasteiger partial charge < -0.3 is 0 Å². The average Bonchev–Trinajstić information content (AvgIpc) is 2.44. The van der Waals surface area contributed by atoms with Crippen molar-refractivity contribution < 1.29 is 0 Å². The lowest BCUT2D eigenvalue weighted by atomic mass is 10.3. The number of imidazole rings is 1. The number of aromatic nitrogens is 2. The van der Waals surface area contributed by atoms with Crippen molar-refractivity contribution in [2.45, 2.75) is 6.54 Å². The number of nitriles is 3. The predicted molar refractivity (Wildman–Crippen MR) is 45.0 cm³/mol. The first-order valence-electron chi connectivity index (χ1n) is 3.17. The standard InChI is InChI=1S/C7H2BrN5/c8-7-12-5(3-10)6(4-11)13(7)2-1-9/h2H2. The number of hydrogen-bond donors (Lipinski definition) is 0. The lowest BCUT2D eigenvalue weighted by Crippen LogP contribution is -1.99. The van der Waals surface area contributed by atoms with Gasteiger partial charge in [0.25, 0.3) is 0 Å². The average molecular weight is 236 g/mol. The summed E-state index contributed by atoms with van der Waals surface area (Å²) in [4.78, 5) is 3.76. The maximum Gasteiger partial charge on any atom is 0.180 e. The molecule has 13 heavy (non-hydrogen) atoms. The maximum absolute atomic E-state index is 8.68. The Kier molecular flexibility index (Phi) is 2.64. The second kappa shape index (κ2) is 3.71. The van der Waals surface area contributed by atoms with E-state index in [1.807, 2.05) is 12.1 Å². The molecule has 0 fully saturated rings. The molecule has 1 aromatic heterocycles. The number of nitrogens with zero attached hydrogens (tertiary/aromatic N) is 5. The lowest BCUT2D eigenvalue weighted by Gasteiger charge is -1.95. The summed E-state index contributed by atoms with van der Waals surface area (Å²) in [5, 5.41) is 25.7. The van der Waals surface area contributed by atoms with Crippen molar-refractivity contribution in [2.24, 2.45) is 0 Å². The van der Waals surface area contributed by atoms with Crippen molar-refractivity contribution in [3.63, 3.8) is 0 Å². The van der Waals surface area contributed by atoms with Crippen molar-refractivity contribution in [3.8, 4) is 18.2 Å². The molecule has 0 radical (unpaired) electrons. The van der Waals surface area contributed by atoms with Gasteiger partial charge in [0.15, 0.2) is 16.1 Å². The summed E-state index contributed by atoms with van der Waals surface area (Å²) in [6.07, 6.45) is 0. The molecule has 0 aliphatic carbocycles. The molecule has 0 aliphatic heterocycles. The van der Waals surface area contributed by atoms with Crippen molar-refractivity contribution in [2.75, 3.05) is 0 Å². The van der Waals surface area contributed by atoms with Crippen molar-refractivity contribution in [1.29, 1.82) is 15.8 Å². The van der Waals surface area contributed by atoms with E-state index in [2.05, 4.69) is 20.9 Å². The Bertz CT molecular complexity index is 453. The molecule has 0 aromatic carbocycles. The third kappa shape index (κ3) is 1.51. The van der Waals surface area contributed by atoms with Crippen LogP contribution in [-0.2, 0) is 6.54 Å². The molecule has 0 aliphatic rings. The minimum absolute atomic E-state index is 0.00183. The largest absolute Gasteiger partial charge is 0.295 e. The molecule has 0 amide bonds. The van der Waals surface area contributed by atoms with Crippen LogP contribution in [0, 0.1) is 34.0 Å². The Labute approximate surface area is 82.6 Å². The normalized spacial score (nSPS) is 8.46. The van der Waals surface area contributed by atoms with Gasteiger partial charge in [-0.3, -0.25) is 4.57 Å². The van der Waals surface area contributed by atoms with Gasteiger partial charge in [-0.1, -0.05) is 0 Å². The fourth-order valence-electron chi connectivity index (χ4n) is 0.832. The molecule has 62 valence electrons. The molecular weight excluding hydrogens is 234 g/mol. The van der Waals surface area contributed by atoms with E-state index in [4.69, 9.17) is 15.8 Å². The second-order valence-electron chi connectivity index (χ2n) is 2.05.